The van der Waals surface area contributed by atoms with E-state index in [1.54, 1.807) is 12.1 Å². The van der Waals surface area contributed by atoms with Crippen LogP contribution in [0.4, 0.5) is 0 Å². The van der Waals surface area contributed by atoms with Crippen LogP contribution in [0.2, 0.25) is 5.02 Å². The van der Waals surface area contributed by atoms with Crippen molar-refractivity contribution < 1.29 is 14.3 Å². The van der Waals surface area contributed by atoms with Gasteiger partial charge in [-0.15, -0.1) is 0 Å². The molecule has 4 rings (SSSR count). The number of nitrogens with zero attached hydrogens (tertiary/aromatic N) is 1. The fourth-order valence-electron chi connectivity index (χ4n) is 3.64. The Labute approximate surface area is 197 Å². The third-order valence-corrected chi connectivity index (χ3v) is 5.61. The maximum Gasteiger partial charge on any atom is 0.338 e. The Balaban J connectivity index is 1.47. The molecule has 0 saturated heterocycles. The van der Waals surface area contributed by atoms with Crippen molar-refractivity contribution in [2.75, 3.05) is 7.11 Å². The van der Waals surface area contributed by atoms with E-state index in [1.807, 2.05) is 78.9 Å². The molecule has 0 N–H and O–H groups in total. The van der Waals surface area contributed by atoms with Gasteiger partial charge in [-0.25, -0.2) is 9.78 Å². The summed E-state index contributed by atoms with van der Waals surface area (Å²) in [6.07, 6.45) is 4.61. The second-order valence-electron chi connectivity index (χ2n) is 7.60. The number of ether oxygens (including phenoxy) is 1. The highest BCUT2D eigenvalue weighted by molar-refractivity contribution is 6.31. The summed E-state index contributed by atoms with van der Waals surface area (Å²) in [7, 11) is 1.35. The molecule has 4 nitrogen and oxygen atoms in total. The molecule has 0 aliphatic carbocycles. The number of carbonyl (C=O) groups is 2. The summed E-state index contributed by atoms with van der Waals surface area (Å²) < 4.78 is 4.83. The average Bonchev–Trinajstić information content (AvgIpc) is 2.85. The molecule has 0 atom stereocenters. The fourth-order valence-corrected chi connectivity index (χ4v) is 3.80. The van der Waals surface area contributed by atoms with Crippen molar-refractivity contribution in [2.24, 2.45) is 0 Å². The molecule has 5 heteroatoms. The zero-order valence-electron chi connectivity index (χ0n) is 18.1. The number of carbonyl (C=O) groups excluding carboxylic acids is 2. The molecular weight excluding hydrogens is 434 g/mol. The molecule has 0 unspecified atom stereocenters. The van der Waals surface area contributed by atoms with Crippen LogP contribution < -0.4 is 0 Å². The predicted molar refractivity (Wildman–Crippen MR) is 133 cm³/mol. The van der Waals surface area contributed by atoms with E-state index in [2.05, 4.69) is 4.98 Å². The van der Waals surface area contributed by atoms with Crippen molar-refractivity contribution in [3.8, 4) is 0 Å². The van der Waals surface area contributed by atoms with Crippen molar-refractivity contribution in [1.29, 1.82) is 0 Å². The highest BCUT2D eigenvalue weighted by atomic mass is 35.5. The van der Waals surface area contributed by atoms with Gasteiger partial charge < -0.3 is 4.74 Å². The first-order valence-corrected chi connectivity index (χ1v) is 11.0. The number of Topliss-reactive ketones (excluding diaryl/α,β-unsaturated/α-hetero) is 1. The number of esters is 1. The van der Waals surface area contributed by atoms with Crippen LogP contribution in [0, 0.1) is 0 Å². The molecule has 0 radical (unpaired) electrons. The second kappa shape index (κ2) is 10.2. The number of hydrogen-bond donors (Lipinski definition) is 0. The summed E-state index contributed by atoms with van der Waals surface area (Å²) in [5.74, 6) is -0.377. The van der Waals surface area contributed by atoms with E-state index in [4.69, 9.17) is 16.3 Å². The maximum absolute atomic E-state index is 12.8. The minimum atomic E-state index is -0.394. The van der Waals surface area contributed by atoms with E-state index >= 15 is 0 Å². The van der Waals surface area contributed by atoms with Crippen LogP contribution in [0.15, 0.2) is 78.9 Å². The van der Waals surface area contributed by atoms with Gasteiger partial charge in [-0.05, 0) is 54.0 Å². The maximum atomic E-state index is 12.8. The van der Waals surface area contributed by atoms with Crippen LogP contribution in [0.5, 0.6) is 0 Å². The molecule has 0 spiro atoms. The Morgan fingerprint density at radius 1 is 0.939 bits per heavy atom. The molecule has 4 aromatic rings. The topological polar surface area (TPSA) is 56.3 Å². The van der Waals surface area contributed by atoms with E-state index in [-0.39, 0.29) is 5.78 Å². The number of benzene rings is 3. The smallest absolute Gasteiger partial charge is 0.338 e. The third-order valence-electron chi connectivity index (χ3n) is 5.37. The van der Waals surface area contributed by atoms with E-state index in [0.29, 0.717) is 29.0 Å². The molecule has 1 aromatic heterocycles. The van der Waals surface area contributed by atoms with E-state index in [1.165, 1.54) is 7.11 Å². The quantitative estimate of drug-likeness (QED) is 0.231. The van der Waals surface area contributed by atoms with Gasteiger partial charge in [0.1, 0.15) is 0 Å². The first kappa shape index (κ1) is 22.4. The van der Waals surface area contributed by atoms with Crippen LogP contribution in [-0.2, 0) is 11.2 Å². The van der Waals surface area contributed by atoms with Crippen LogP contribution in [0.25, 0.3) is 23.1 Å². The standard InChI is InChI=1S/C28H22ClNO3/c1-33-28(32)25-8-3-2-6-20(25)12-16-27(31)22-7-4-5-19(17-22)9-14-24-15-11-21-10-13-23(29)18-26(21)30-24/h2-11,13-15,17-18H,12,16H2,1H3/b14-9-. The summed E-state index contributed by atoms with van der Waals surface area (Å²) in [4.78, 5) is 29.4. The Kier molecular flexibility index (Phi) is 6.96. The number of aromatic nitrogens is 1. The van der Waals surface area contributed by atoms with Gasteiger partial charge in [-0.1, -0.05) is 66.2 Å². The number of methoxy groups -OCH3 is 1. The molecule has 33 heavy (non-hydrogen) atoms. The van der Waals surface area contributed by atoms with Crippen LogP contribution in [0.1, 0.15) is 44.0 Å². The third kappa shape index (κ3) is 5.54. The number of aryl methyl sites for hydroxylation is 1. The van der Waals surface area contributed by atoms with Gasteiger partial charge in [0.25, 0.3) is 0 Å². The van der Waals surface area contributed by atoms with Crippen LogP contribution in [0.3, 0.4) is 0 Å². The van der Waals surface area contributed by atoms with Crippen LogP contribution in [-0.4, -0.2) is 23.8 Å². The zero-order valence-corrected chi connectivity index (χ0v) is 18.9. The Bertz CT molecular complexity index is 1360. The minimum Gasteiger partial charge on any atom is -0.465 e. The van der Waals surface area contributed by atoms with E-state index in [9.17, 15) is 9.59 Å². The molecule has 164 valence electrons. The van der Waals surface area contributed by atoms with Crippen molar-refractivity contribution in [3.63, 3.8) is 0 Å². The summed E-state index contributed by atoms with van der Waals surface area (Å²) >= 11 is 6.07. The van der Waals surface area contributed by atoms with E-state index < -0.39 is 5.97 Å². The van der Waals surface area contributed by atoms with Gasteiger partial charge in [0.15, 0.2) is 5.78 Å². The number of rotatable bonds is 7. The lowest BCUT2D eigenvalue weighted by Crippen LogP contribution is -2.08. The Morgan fingerprint density at radius 3 is 2.61 bits per heavy atom. The van der Waals surface area contributed by atoms with E-state index in [0.717, 1.165) is 27.7 Å². The number of pyridine rings is 1. The summed E-state index contributed by atoms with van der Waals surface area (Å²) in [6.45, 7) is 0. The molecule has 1 heterocycles. The summed E-state index contributed by atoms with van der Waals surface area (Å²) in [5, 5.41) is 1.68. The van der Waals surface area contributed by atoms with Crippen molar-refractivity contribution in [1.82, 2.24) is 4.98 Å². The molecule has 0 saturated carbocycles. The van der Waals surface area contributed by atoms with Crippen molar-refractivity contribution >= 4 is 46.4 Å². The lowest BCUT2D eigenvalue weighted by Gasteiger charge is -2.07. The lowest BCUT2D eigenvalue weighted by atomic mass is 9.98. The van der Waals surface area contributed by atoms with Crippen molar-refractivity contribution in [2.45, 2.75) is 12.8 Å². The molecule has 0 bridgehead atoms. The Hall–Kier alpha value is -3.76. The van der Waals surface area contributed by atoms with Gasteiger partial charge in [-0.2, -0.15) is 0 Å². The highest BCUT2D eigenvalue weighted by Crippen LogP contribution is 2.20. The summed E-state index contributed by atoms with van der Waals surface area (Å²) in [5.41, 5.74) is 4.47. The fraction of sp³-hybridized carbons (Fsp3) is 0.107. The largest absolute Gasteiger partial charge is 0.465 e. The van der Waals surface area contributed by atoms with Crippen LogP contribution >= 0.6 is 11.6 Å². The first-order valence-electron chi connectivity index (χ1n) is 10.6. The first-order chi connectivity index (χ1) is 16.0. The SMILES string of the molecule is COC(=O)c1ccccc1CCC(=O)c1cccc(/C=C\c2ccc3ccc(Cl)cc3n2)c1. The van der Waals surface area contributed by atoms with Gasteiger partial charge in [-0.3, -0.25) is 4.79 Å². The molecule has 0 amide bonds. The number of ketones is 1. The monoisotopic (exact) mass is 455 g/mol. The summed E-state index contributed by atoms with van der Waals surface area (Å²) in [6, 6.07) is 24.3. The van der Waals surface area contributed by atoms with Gasteiger partial charge in [0, 0.05) is 22.4 Å². The molecular formula is C28H22ClNO3. The lowest BCUT2D eigenvalue weighted by molar-refractivity contribution is 0.0599. The molecule has 3 aromatic carbocycles. The highest BCUT2D eigenvalue weighted by Gasteiger charge is 2.13. The predicted octanol–water partition coefficient (Wildman–Crippen LogP) is 6.66. The molecule has 0 fully saturated rings. The van der Waals surface area contributed by atoms with Gasteiger partial charge in [0.2, 0.25) is 0 Å². The average molecular weight is 456 g/mol. The number of hydrogen-bond acceptors (Lipinski definition) is 4. The normalized spacial score (nSPS) is 11.1. The Morgan fingerprint density at radius 2 is 1.76 bits per heavy atom. The number of fused-ring (bicyclic) bond motifs is 1. The molecule has 0 aliphatic rings. The minimum absolute atomic E-state index is 0.0170. The van der Waals surface area contributed by atoms with Crippen molar-refractivity contribution in [3.05, 3.63) is 112 Å². The number of halogens is 1. The van der Waals surface area contributed by atoms with Gasteiger partial charge in [0.05, 0.1) is 23.9 Å². The zero-order chi connectivity index (χ0) is 23.2. The second-order valence-corrected chi connectivity index (χ2v) is 8.04. The molecule has 0 aliphatic heterocycles. The van der Waals surface area contributed by atoms with Gasteiger partial charge >= 0.3 is 5.97 Å².